The maximum Gasteiger partial charge on any atom is 0.337 e. The van der Waals surface area contributed by atoms with Gasteiger partial charge < -0.3 is 4.74 Å². The molecule has 6 heteroatoms. The maximum atomic E-state index is 11.4. The number of carbonyl (C=O) groups is 2. The fourth-order valence-corrected chi connectivity index (χ4v) is 2.41. The number of ketones is 1. The molecule has 0 N–H and O–H groups in total. The third kappa shape index (κ3) is 2.38. The zero-order valence-electron chi connectivity index (χ0n) is 9.94. The second-order valence-electron chi connectivity index (χ2n) is 3.87. The van der Waals surface area contributed by atoms with Crippen molar-refractivity contribution in [1.29, 1.82) is 0 Å². The predicted octanol–water partition coefficient (Wildman–Crippen LogP) is 2.02. The Kier molecular flexibility index (Phi) is 3.65. The lowest BCUT2D eigenvalue weighted by Gasteiger charge is -2.01. The molecule has 0 aliphatic carbocycles. The van der Waals surface area contributed by atoms with Crippen molar-refractivity contribution >= 4 is 45.2 Å². The van der Waals surface area contributed by atoms with Crippen molar-refractivity contribution in [3.8, 4) is 0 Å². The van der Waals surface area contributed by atoms with Gasteiger partial charge in [0.25, 0.3) is 0 Å². The van der Waals surface area contributed by atoms with Gasteiger partial charge in [0.2, 0.25) is 0 Å². The molecular weight excluding hydrogens is 347 g/mol. The first-order valence-corrected chi connectivity index (χ1v) is 6.34. The number of ether oxygens (including phenoxy) is 1. The summed E-state index contributed by atoms with van der Waals surface area (Å²) in [6.07, 6.45) is 0. The monoisotopic (exact) mass is 358 g/mol. The Morgan fingerprint density at radius 2 is 2.17 bits per heavy atom. The summed E-state index contributed by atoms with van der Waals surface area (Å²) in [6, 6.07) is 5.18. The summed E-state index contributed by atoms with van der Waals surface area (Å²) in [4.78, 5) is 22.6. The number of Topliss-reactive ketones (excluding diaryl/α,β-unsaturated/α-hetero) is 1. The highest BCUT2D eigenvalue weighted by atomic mass is 127. The van der Waals surface area contributed by atoms with E-state index in [1.54, 1.807) is 22.9 Å². The third-order valence-electron chi connectivity index (χ3n) is 2.50. The summed E-state index contributed by atoms with van der Waals surface area (Å²) in [6.45, 7) is 1.75. The number of fused-ring (bicyclic) bond motifs is 1. The van der Waals surface area contributed by atoms with Crippen LogP contribution >= 0.6 is 22.6 Å². The van der Waals surface area contributed by atoms with Crippen LogP contribution in [0.5, 0.6) is 0 Å². The number of benzene rings is 1. The molecule has 5 nitrogen and oxygen atoms in total. The standard InChI is InChI=1S/C12H11IN2O3/c1-7(16)6-15-10-4-3-8(12(17)18-2)5-9(10)11(13)14-15/h3-5H,6H2,1-2H3. The van der Waals surface area contributed by atoms with Crippen LogP contribution in [0.15, 0.2) is 18.2 Å². The molecule has 0 bridgehead atoms. The van der Waals surface area contributed by atoms with E-state index in [9.17, 15) is 9.59 Å². The first kappa shape index (κ1) is 13.0. The molecule has 0 unspecified atom stereocenters. The number of aromatic nitrogens is 2. The van der Waals surface area contributed by atoms with Crippen LogP contribution in [0.2, 0.25) is 0 Å². The average Bonchev–Trinajstić information content (AvgIpc) is 2.64. The highest BCUT2D eigenvalue weighted by Crippen LogP contribution is 2.22. The molecule has 2 rings (SSSR count). The molecule has 1 aromatic heterocycles. The molecule has 0 saturated carbocycles. The van der Waals surface area contributed by atoms with Gasteiger partial charge in [-0.3, -0.25) is 9.48 Å². The van der Waals surface area contributed by atoms with Crippen LogP contribution in [-0.2, 0) is 16.1 Å². The molecule has 0 atom stereocenters. The van der Waals surface area contributed by atoms with Gasteiger partial charge >= 0.3 is 5.97 Å². The molecule has 94 valence electrons. The van der Waals surface area contributed by atoms with Crippen LogP contribution in [0.3, 0.4) is 0 Å². The second kappa shape index (κ2) is 5.05. The number of halogens is 1. The third-order valence-corrected chi connectivity index (χ3v) is 3.30. The summed E-state index contributed by atoms with van der Waals surface area (Å²) < 4.78 is 7.07. The molecule has 0 spiro atoms. The minimum absolute atomic E-state index is 0.0350. The lowest BCUT2D eigenvalue weighted by atomic mass is 10.1. The molecule has 0 amide bonds. The fraction of sp³-hybridized carbons (Fsp3) is 0.250. The summed E-state index contributed by atoms with van der Waals surface area (Å²) in [7, 11) is 1.34. The topological polar surface area (TPSA) is 61.2 Å². The minimum Gasteiger partial charge on any atom is -0.465 e. The van der Waals surface area contributed by atoms with E-state index in [0.29, 0.717) is 5.56 Å². The van der Waals surface area contributed by atoms with Crippen LogP contribution in [0.1, 0.15) is 17.3 Å². The fourth-order valence-electron chi connectivity index (χ4n) is 1.72. The smallest absolute Gasteiger partial charge is 0.337 e. The first-order chi connectivity index (χ1) is 8.52. The van der Waals surface area contributed by atoms with E-state index >= 15 is 0 Å². The highest BCUT2D eigenvalue weighted by molar-refractivity contribution is 14.1. The molecule has 1 heterocycles. The van der Waals surface area contributed by atoms with Gasteiger partial charge in [0, 0.05) is 5.39 Å². The van der Waals surface area contributed by atoms with Crippen LogP contribution < -0.4 is 0 Å². The van der Waals surface area contributed by atoms with E-state index in [0.717, 1.165) is 14.6 Å². The Balaban J connectivity index is 2.55. The Bertz CT molecular complexity index is 634. The summed E-state index contributed by atoms with van der Waals surface area (Å²) in [5.41, 5.74) is 1.31. The zero-order chi connectivity index (χ0) is 13.3. The van der Waals surface area contributed by atoms with Crippen molar-refractivity contribution in [3.63, 3.8) is 0 Å². The zero-order valence-corrected chi connectivity index (χ0v) is 12.1. The van der Waals surface area contributed by atoms with Gasteiger partial charge in [-0.1, -0.05) is 0 Å². The van der Waals surface area contributed by atoms with E-state index in [1.165, 1.54) is 14.0 Å². The molecule has 0 aliphatic rings. The van der Waals surface area contributed by atoms with Gasteiger partial charge in [-0.2, -0.15) is 5.10 Å². The van der Waals surface area contributed by atoms with Gasteiger partial charge in [0.1, 0.15) is 3.70 Å². The molecular formula is C12H11IN2O3. The number of hydrogen-bond donors (Lipinski definition) is 0. The molecule has 0 fully saturated rings. The molecule has 1 aromatic carbocycles. The lowest BCUT2D eigenvalue weighted by molar-refractivity contribution is -0.117. The summed E-state index contributed by atoms with van der Waals surface area (Å²) >= 11 is 2.08. The summed E-state index contributed by atoms with van der Waals surface area (Å²) in [5, 5.41) is 5.13. The molecule has 0 aliphatic heterocycles. The Hall–Kier alpha value is -1.44. The number of carbonyl (C=O) groups excluding carboxylic acids is 2. The maximum absolute atomic E-state index is 11.4. The van der Waals surface area contributed by atoms with E-state index in [1.807, 2.05) is 0 Å². The normalized spacial score (nSPS) is 10.6. The predicted molar refractivity (Wildman–Crippen MR) is 74.5 cm³/mol. The minimum atomic E-state index is -0.382. The Morgan fingerprint density at radius 1 is 1.44 bits per heavy atom. The van der Waals surface area contributed by atoms with Crippen molar-refractivity contribution < 1.29 is 14.3 Å². The van der Waals surface area contributed by atoms with Crippen LogP contribution in [0.4, 0.5) is 0 Å². The average molecular weight is 358 g/mol. The number of methoxy groups -OCH3 is 1. The lowest BCUT2D eigenvalue weighted by Crippen LogP contribution is -2.07. The van der Waals surface area contributed by atoms with Crippen molar-refractivity contribution in [2.24, 2.45) is 0 Å². The van der Waals surface area contributed by atoms with Crippen LogP contribution in [-0.4, -0.2) is 28.6 Å². The van der Waals surface area contributed by atoms with E-state index in [-0.39, 0.29) is 18.3 Å². The van der Waals surface area contributed by atoms with Gasteiger partial charge in [-0.25, -0.2) is 4.79 Å². The van der Waals surface area contributed by atoms with Crippen molar-refractivity contribution in [1.82, 2.24) is 9.78 Å². The van der Waals surface area contributed by atoms with Crippen LogP contribution in [0.25, 0.3) is 10.9 Å². The second-order valence-corrected chi connectivity index (χ2v) is 4.90. The van der Waals surface area contributed by atoms with E-state index in [2.05, 4.69) is 32.4 Å². The highest BCUT2D eigenvalue weighted by Gasteiger charge is 2.13. The summed E-state index contributed by atoms with van der Waals surface area (Å²) in [5.74, 6) is -0.347. The SMILES string of the molecule is COC(=O)c1ccc2c(c1)c(I)nn2CC(C)=O. The Morgan fingerprint density at radius 3 is 2.78 bits per heavy atom. The van der Waals surface area contributed by atoms with Crippen molar-refractivity contribution in [2.75, 3.05) is 7.11 Å². The van der Waals surface area contributed by atoms with Crippen LogP contribution in [0, 0.1) is 3.70 Å². The van der Waals surface area contributed by atoms with E-state index in [4.69, 9.17) is 0 Å². The number of hydrogen-bond acceptors (Lipinski definition) is 4. The van der Waals surface area contributed by atoms with Gasteiger partial charge in [0.15, 0.2) is 5.78 Å². The molecule has 2 aromatic rings. The largest absolute Gasteiger partial charge is 0.465 e. The van der Waals surface area contributed by atoms with Gasteiger partial charge in [0.05, 0.1) is 24.7 Å². The van der Waals surface area contributed by atoms with Gasteiger partial charge in [-0.15, -0.1) is 0 Å². The number of esters is 1. The van der Waals surface area contributed by atoms with E-state index < -0.39 is 0 Å². The molecule has 0 saturated heterocycles. The quantitative estimate of drug-likeness (QED) is 0.622. The van der Waals surface area contributed by atoms with Crippen molar-refractivity contribution in [3.05, 3.63) is 27.5 Å². The first-order valence-electron chi connectivity index (χ1n) is 5.26. The molecule has 18 heavy (non-hydrogen) atoms. The van der Waals surface area contributed by atoms with Crippen molar-refractivity contribution in [2.45, 2.75) is 13.5 Å². The van der Waals surface area contributed by atoms with Gasteiger partial charge in [-0.05, 0) is 47.7 Å². The molecule has 0 radical (unpaired) electrons. The number of rotatable bonds is 3. The Labute approximate surface area is 117 Å². The number of nitrogens with zero attached hydrogens (tertiary/aromatic N) is 2.